The number of hydrogen-bond acceptors (Lipinski definition) is 3. The van der Waals surface area contributed by atoms with E-state index in [1.165, 1.54) is 0 Å². The molecule has 0 aliphatic heterocycles. The maximum Gasteiger partial charge on any atom is 0.228 e. The Bertz CT molecular complexity index is 638. The van der Waals surface area contributed by atoms with Crippen molar-refractivity contribution < 1.29 is 9.90 Å². The van der Waals surface area contributed by atoms with Crippen LogP contribution >= 0.6 is 0 Å². The van der Waals surface area contributed by atoms with Crippen LogP contribution in [0, 0.1) is 5.92 Å². The summed E-state index contributed by atoms with van der Waals surface area (Å²) in [7, 11) is 1.78. The third kappa shape index (κ3) is 3.04. The third-order valence-electron chi connectivity index (χ3n) is 4.25. The fraction of sp³-hybridized carbons (Fsp3) is 0.412. The smallest absolute Gasteiger partial charge is 0.228 e. The fourth-order valence-electron chi connectivity index (χ4n) is 3.03. The molecule has 2 atom stereocenters. The van der Waals surface area contributed by atoms with Crippen LogP contribution in [0.4, 0.5) is 0 Å². The number of carbonyl (C=O) groups excluding carboxylic acids is 1. The molecule has 5 heteroatoms. The molecular weight excluding hydrogens is 278 g/mol. The lowest BCUT2D eigenvalue weighted by atomic mass is 10.0. The first kappa shape index (κ1) is 14.8. The van der Waals surface area contributed by atoms with E-state index in [-0.39, 0.29) is 11.8 Å². The van der Waals surface area contributed by atoms with Crippen molar-refractivity contribution in [2.75, 3.05) is 7.05 Å². The number of aromatic nitrogens is 2. The van der Waals surface area contributed by atoms with E-state index in [1.54, 1.807) is 22.8 Å². The molecule has 1 heterocycles. The Morgan fingerprint density at radius 1 is 1.36 bits per heavy atom. The molecule has 0 radical (unpaired) electrons. The van der Waals surface area contributed by atoms with Gasteiger partial charge in [-0.15, -0.1) is 0 Å². The van der Waals surface area contributed by atoms with Crippen molar-refractivity contribution in [3.8, 4) is 5.69 Å². The Kier molecular flexibility index (Phi) is 4.24. The summed E-state index contributed by atoms with van der Waals surface area (Å²) in [6.07, 6.45) is 5.68. The number of benzene rings is 1. The summed E-state index contributed by atoms with van der Waals surface area (Å²) in [5.74, 6) is -0.216. The number of amides is 1. The topological polar surface area (TPSA) is 58.4 Å². The van der Waals surface area contributed by atoms with Gasteiger partial charge < -0.3 is 10.0 Å². The third-order valence-corrected chi connectivity index (χ3v) is 4.25. The van der Waals surface area contributed by atoms with Gasteiger partial charge in [0.15, 0.2) is 0 Å². The molecule has 2 aromatic rings. The van der Waals surface area contributed by atoms with Crippen molar-refractivity contribution >= 4 is 5.91 Å². The summed E-state index contributed by atoms with van der Waals surface area (Å²) in [6.45, 7) is 0.509. The summed E-state index contributed by atoms with van der Waals surface area (Å²) in [4.78, 5) is 14.1. The monoisotopic (exact) mass is 299 g/mol. The van der Waals surface area contributed by atoms with Gasteiger partial charge in [-0.05, 0) is 31.4 Å². The predicted molar refractivity (Wildman–Crippen MR) is 83.4 cm³/mol. The second-order valence-electron chi connectivity index (χ2n) is 5.93. The van der Waals surface area contributed by atoms with Gasteiger partial charge in [-0.3, -0.25) is 4.79 Å². The average molecular weight is 299 g/mol. The van der Waals surface area contributed by atoms with E-state index in [0.29, 0.717) is 6.54 Å². The molecule has 1 aliphatic carbocycles. The Morgan fingerprint density at radius 2 is 2.14 bits per heavy atom. The van der Waals surface area contributed by atoms with Gasteiger partial charge in [0.05, 0.1) is 23.9 Å². The zero-order chi connectivity index (χ0) is 15.5. The van der Waals surface area contributed by atoms with Crippen LogP contribution in [0.15, 0.2) is 42.7 Å². The Morgan fingerprint density at radius 3 is 2.82 bits per heavy atom. The highest BCUT2D eigenvalue weighted by Gasteiger charge is 2.33. The molecule has 3 rings (SSSR count). The Balaban J connectivity index is 1.66. The molecule has 0 saturated heterocycles. The first-order valence-corrected chi connectivity index (χ1v) is 7.67. The summed E-state index contributed by atoms with van der Waals surface area (Å²) >= 11 is 0. The summed E-state index contributed by atoms with van der Waals surface area (Å²) in [6, 6.07) is 9.87. The van der Waals surface area contributed by atoms with Crippen molar-refractivity contribution in [1.82, 2.24) is 14.7 Å². The largest absolute Gasteiger partial charge is 0.392 e. The molecule has 22 heavy (non-hydrogen) atoms. The second-order valence-corrected chi connectivity index (χ2v) is 5.93. The van der Waals surface area contributed by atoms with Crippen LogP contribution in [0.25, 0.3) is 5.69 Å². The minimum atomic E-state index is -0.484. The second kappa shape index (κ2) is 6.32. The molecule has 1 aliphatic rings. The number of para-hydroxylation sites is 1. The maximum atomic E-state index is 12.4. The van der Waals surface area contributed by atoms with Crippen LogP contribution in [0.2, 0.25) is 0 Å². The van der Waals surface area contributed by atoms with Crippen LogP contribution in [0.3, 0.4) is 0 Å². The maximum absolute atomic E-state index is 12.4. The zero-order valence-electron chi connectivity index (χ0n) is 12.7. The molecule has 1 N–H and O–H groups in total. The molecule has 0 spiro atoms. The quantitative estimate of drug-likeness (QED) is 0.939. The van der Waals surface area contributed by atoms with Gasteiger partial charge in [-0.1, -0.05) is 18.2 Å². The summed E-state index contributed by atoms with van der Waals surface area (Å²) in [5, 5.41) is 14.2. The van der Waals surface area contributed by atoms with Crippen LogP contribution < -0.4 is 0 Å². The van der Waals surface area contributed by atoms with Crippen LogP contribution in [-0.4, -0.2) is 38.8 Å². The van der Waals surface area contributed by atoms with Crippen molar-refractivity contribution in [2.45, 2.75) is 31.9 Å². The molecule has 1 saturated carbocycles. The molecule has 116 valence electrons. The lowest BCUT2D eigenvalue weighted by molar-refractivity contribution is -0.137. The normalized spacial score (nSPS) is 21.0. The number of aliphatic hydroxyl groups is 1. The van der Waals surface area contributed by atoms with Crippen molar-refractivity contribution in [3.05, 3.63) is 48.3 Å². The number of hydrogen-bond donors (Lipinski definition) is 1. The van der Waals surface area contributed by atoms with Gasteiger partial charge >= 0.3 is 0 Å². The van der Waals surface area contributed by atoms with E-state index in [9.17, 15) is 9.90 Å². The van der Waals surface area contributed by atoms with Crippen LogP contribution in [-0.2, 0) is 11.3 Å². The van der Waals surface area contributed by atoms with E-state index >= 15 is 0 Å². The van der Waals surface area contributed by atoms with Gasteiger partial charge in [0, 0.05) is 25.4 Å². The molecule has 0 bridgehead atoms. The van der Waals surface area contributed by atoms with Gasteiger partial charge in [0.25, 0.3) is 0 Å². The van der Waals surface area contributed by atoms with Crippen LogP contribution in [0.5, 0.6) is 0 Å². The van der Waals surface area contributed by atoms with Crippen molar-refractivity contribution in [2.24, 2.45) is 5.92 Å². The first-order chi connectivity index (χ1) is 10.6. The van der Waals surface area contributed by atoms with Gasteiger partial charge in [0.2, 0.25) is 5.91 Å². The number of nitrogens with zero attached hydrogens (tertiary/aromatic N) is 3. The van der Waals surface area contributed by atoms with Gasteiger partial charge in [-0.2, -0.15) is 5.10 Å². The number of aliphatic hydroxyl groups excluding tert-OH is 1. The highest BCUT2D eigenvalue weighted by Crippen LogP contribution is 2.27. The van der Waals surface area contributed by atoms with Gasteiger partial charge in [0.1, 0.15) is 0 Å². The van der Waals surface area contributed by atoms with Gasteiger partial charge in [-0.25, -0.2) is 4.68 Å². The highest BCUT2D eigenvalue weighted by molar-refractivity contribution is 5.79. The lowest BCUT2D eigenvalue weighted by Crippen LogP contribution is -2.35. The van der Waals surface area contributed by atoms with E-state index in [4.69, 9.17) is 0 Å². The van der Waals surface area contributed by atoms with E-state index in [0.717, 1.165) is 30.5 Å². The predicted octanol–water partition coefficient (Wildman–Crippen LogP) is 1.99. The zero-order valence-corrected chi connectivity index (χ0v) is 12.7. The standard InChI is InChI=1S/C17H21N3O2/c1-19(17(22)15-8-5-9-16(15)21)11-13-10-18-20(12-13)14-6-3-2-4-7-14/h2-4,6-7,10,12,15-16,21H,5,8-9,11H2,1H3. The SMILES string of the molecule is CN(Cc1cnn(-c2ccccc2)c1)C(=O)C1CCCC1O. The Labute approximate surface area is 130 Å². The minimum absolute atomic E-state index is 0.0254. The van der Waals surface area contributed by atoms with Crippen molar-refractivity contribution in [1.29, 1.82) is 0 Å². The fourth-order valence-corrected chi connectivity index (χ4v) is 3.03. The Hall–Kier alpha value is -2.14. The van der Waals surface area contributed by atoms with E-state index in [2.05, 4.69) is 5.10 Å². The van der Waals surface area contributed by atoms with Crippen molar-refractivity contribution in [3.63, 3.8) is 0 Å². The summed E-state index contributed by atoms with van der Waals surface area (Å²) < 4.78 is 1.80. The van der Waals surface area contributed by atoms with Crippen LogP contribution in [0.1, 0.15) is 24.8 Å². The molecule has 1 aromatic carbocycles. The average Bonchev–Trinajstić information content (AvgIpc) is 3.16. The van der Waals surface area contributed by atoms with E-state index in [1.807, 2.05) is 36.5 Å². The molecular formula is C17H21N3O2. The number of carbonyl (C=O) groups is 1. The molecule has 5 nitrogen and oxygen atoms in total. The lowest BCUT2D eigenvalue weighted by Gasteiger charge is -2.22. The molecule has 1 aromatic heterocycles. The highest BCUT2D eigenvalue weighted by atomic mass is 16.3. The molecule has 1 amide bonds. The first-order valence-electron chi connectivity index (χ1n) is 7.67. The van der Waals surface area contributed by atoms with E-state index < -0.39 is 6.10 Å². The summed E-state index contributed by atoms with van der Waals surface area (Å²) in [5.41, 5.74) is 1.97. The molecule has 1 fully saturated rings. The number of rotatable bonds is 4. The molecule has 2 unspecified atom stereocenters. The minimum Gasteiger partial charge on any atom is -0.392 e.